The molecule has 2 atom stereocenters. The lowest BCUT2D eigenvalue weighted by Gasteiger charge is -2.23. The maximum Gasteiger partial charge on any atom is 0.407 e. The average molecular weight is 478 g/mol. The van der Waals surface area contributed by atoms with Crippen molar-refractivity contribution in [3.05, 3.63) is 82.9 Å². The van der Waals surface area contributed by atoms with Crippen LogP contribution in [0.5, 0.6) is 11.5 Å². The van der Waals surface area contributed by atoms with E-state index in [0.29, 0.717) is 11.8 Å². The number of amides is 1. The largest absolute Gasteiger partial charge is 0.496 e. The lowest BCUT2D eigenvalue weighted by Crippen LogP contribution is -2.36. The zero-order valence-corrected chi connectivity index (χ0v) is 19.4. The van der Waals surface area contributed by atoms with E-state index in [1.165, 1.54) is 26.4 Å². The van der Waals surface area contributed by atoms with Gasteiger partial charge in [-0.15, -0.1) is 0 Å². The van der Waals surface area contributed by atoms with Crippen LogP contribution in [-0.2, 0) is 4.74 Å². The molecule has 8 nitrogen and oxygen atoms in total. The first-order valence-corrected chi connectivity index (χ1v) is 11.1. The Bertz CT molecular complexity index is 1160. The van der Waals surface area contributed by atoms with Gasteiger partial charge < -0.3 is 29.7 Å². The Morgan fingerprint density at radius 3 is 2.03 bits per heavy atom. The van der Waals surface area contributed by atoms with Crippen molar-refractivity contribution >= 4 is 12.4 Å². The van der Waals surface area contributed by atoms with Crippen molar-refractivity contribution in [1.82, 2.24) is 5.32 Å². The summed E-state index contributed by atoms with van der Waals surface area (Å²) in [5.74, 6) is 0.270. The predicted molar refractivity (Wildman–Crippen MR) is 129 cm³/mol. The second-order valence-electron chi connectivity index (χ2n) is 8.18. The minimum Gasteiger partial charge on any atom is -0.496 e. The number of benzene rings is 3. The van der Waals surface area contributed by atoms with Crippen molar-refractivity contribution in [3.8, 4) is 22.6 Å². The molecule has 35 heavy (non-hydrogen) atoms. The van der Waals surface area contributed by atoms with Crippen molar-refractivity contribution in [2.75, 3.05) is 27.4 Å². The van der Waals surface area contributed by atoms with Gasteiger partial charge in [0.05, 0.1) is 19.8 Å². The Hall–Kier alpha value is -3.88. The molecule has 182 valence electrons. The van der Waals surface area contributed by atoms with E-state index in [1.54, 1.807) is 0 Å². The smallest absolute Gasteiger partial charge is 0.407 e. The van der Waals surface area contributed by atoms with E-state index >= 15 is 0 Å². The number of alkyl carbamates (subject to hydrolysis) is 1. The van der Waals surface area contributed by atoms with Crippen LogP contribution in [0.15, 0.2) is 60.7 Å². The average Bonchev–Trinajstić information content (AvgIpc) is 3.22. The minimum absolute atomic E-state index is 0.0893. The highest BCUT2D eigenvalue weighted by Gasteiger charge is 2.30. The number of aldehydes is 1. The molecule has 0 saturated carbocycles. The summed E-state index contributed by atoms with van der Waals surface area (Å²) < 4.78 is 16.0. The van der Waals surface area contributed by atoms with E-state index in [9.17, 15) is 19.8 Å². The van der Waals surface area contributed by atoms with Crippen molar-refractivity contribution < 1.29 is 34.0 Å². The number of aliphatic hydroxyl groups excluding tert-OH is 2. The Morgan fingerprint density at radius 2 is 1.51 bits per heavy atom. The van der Waals surface area contributed by atoms with Crippen LogP contribution in [0, 0.1) is 0 Å². The van der Waals surface area contributed by atoms with Gasteiger partial charge in [-0.25, -0.2) is 4.79 Å². The molecule has 8 heteroatoms. The van der Waals surface area contributed by atoms with Crippen LogP contribution >= 0.6 is 0 Å². The number of carbonyl (C=O) groups excluding carboxylic acids is 2. The molecule has 0 bridgehead atoms. The Balaban J connectivity index is 1.39. The number of aliphatic hydroxyl groups is 2. The van der Waals surface area contributed by atoms with Crippen LogP contribution in [-0.4, -0.2) is 56.1 Å². The summed E-state index contributed by atoms with van der Waals surface area (Å²) in [4.78, 5) is 23.5. The van der Waals surface area contributed by atoms with Crippen molar-refractivity contribution in [2.45, 2.75) is 18.1 Å². The molecule has 1 aliphatic rings. The molecule has 0 radical (unpaired) electrons. The Labute approximate surface area is 203 Å². The quantitative estimate of drug-likeness (QED) is 0.405. The molecule has 0 aromatic heterocycles. The number of carbonyl (C=O) groups is 2. The molecule has 4 rings (SSSR count). The van der Waals surface area contributed by atoms with Gasteiger partial charge in [0.2, 0.25) is 0 Å². The monoisotopic (exact) mass is 477 g/mol. The summed E-state index contributed by atoms with van der Waals surface area (Å²) in [6, 6.07) is 18.9. The van der Waals surface area contributed by atoms with Gasteiger partial charge in [-0.2, -0.15) is 0 Å². The van der Waals surface area contributed by atoms with E-state index < -0.39 is 18.3 Å². The molecule has 3 N–H and O–H groups in total. The molecule has 3 aromatic carbocycles. The molecule has 1 aliphatic carbocycles. The van der Waals surface area contributed by atoms with Gasteiger partial charge in [0, 0.05) is 18.0 Å². The molecule has 0 saturated heterocycles. The molecule has 3 aromatic rings. The summed E-state index contributed by atoms with van der Waals surface area (Å²) in [5.41, 5.74) is 4.89. The number of hydrogen-bond acceptors (Lipinski definition) is 7. The SMILES string of the molecule is COc1cc(C=O)cc(OC)c1C(O)C(O)CNC(=O)OCC1c2ccccc2-c2ccccc21. The molecule has 2 unspecified atom stereocenters. The van der Waals surface area contributed by atoms with Gasteiger partial charge in [0.1, 0.15) is 36.6 Å². The number of fused-ring (bicyclic) bond motifs is 3. The summed E-state index contributed by atoms with van der Waals surface area (Å²) in [7, 11) is 2.75. The van der Waals surface area contributed by atoms with Gasteiger partial charge in [-0.1, -0.05) is 48.5 Å². The summed E-state index contributed by atoms with van der Waals surface area (Å²) in [5, 5.41) is 23.7. The predicted octanol–water partition coefficient (Wildman–Crippen LogP) is 3.45. The van der Waals surface area contributed by atoms with Gasteiger partial charge in [0.25, 0.3) is 0 Å². The maximum absolute atomic E-state index is 12.4. The van der Waals surface area contributed by atoms with Crippen molar-refractivity contribution in [1.29, 1.82) is 0 Å². The van der Waals surface area contributed by atoms with Crippen LogP contribution in [0.2, 0.25) is 0 Å². The van der Waals surface area contributed by atoms with Crippen LogP contribution in [0.3, 0.4) is 0 Å². The van der Waals surface area contributed by atoms with Crippen LogP contribution < -0.4 is 14.8 Å². The fourth-order valence-electron chi connectivity index (χ4n) is 4.46. The summed E-state index contributed by atoms with van der Waals surface area (Å²) in [6.45, 7) is -0.146. The number of rotatable bonds is 9. The van der Waals surface area contributed by atoms with Crippen molar-refractivity contribution in [2.24, 2.45) is 0 Å². The molecule has 0 heterocycles. The first-order chi connectivity index (χ1) is 17.0. The molecular weight excluding hydrogens is 450 g/mol. The van der Waals surface area contributed by atoms with Crippen LogP contribution in [0.4, 0.5) is 4.79 Å². The minimum atomic E-state index is -1.45. The zero-order valence-electron chi connectivity index (χ0n) is 19.4. The van der Waals surface area contributed by atoms with Crippen LogP contribution in [0.25, 0.3) is 11.1 Å². The van der Waals surface area contributed by atoms with E-state index in [1.807, 2.05) is 36.4 Å². The molecule has 0 spiro atoms. The highest BCUT2D eigenvalue weighted by molar-refractivity contribution is 5.79. The third-order valence-electron chi connectivity index (χ3n) is 6.16. The molecule has 1 amide bonds. The van der Waals surface area contributed by atoms with Gasteiger partial charge >= 0.3 is 6.09 Å². The molecular formula is C27H27NO7. The Kier molecular flexibility index (Phi) is 7.33. The first kappa shape index (κ1) is 24.3. The summed E-state index contributed by atoms with van der Waals surface area (Å²) >= 11 is 0. The Morgan fingerprint density at radius 1 is 0.971 bits per heavy atom. The van der Waals surface area contributed by atoms with E-state index in [0.717, 1.165) is 22.3 Å². The third kappa shape index (κ3) is 4.84. The third-order valence-corrected chi connectivity index (χ3v) is 6.16. The van der Waals surface area contributed by atoms with Gasteiger partial charge in [0.15, 0.2) is 0 Å². The van der Waals surface area contributed by atoms with Gasteiger partial charge in [-0.3, -0.25) is 4.79 Å². The number of hydrogen-bond donors (Lipinski definition) is 3. The lowest BCUT2D eigenvalue weighted by atomic mass is 9.98. The number of nitrogens with one attached hydrogen (secondary N) is 1. The zero-order chi connectivity index (χ0) is 24.9. The van der Waals surface area contributed by atoms with E-state index in [2.05, 4.69) is 17.4 Å². The standard InChI is InChI=1S/C27H27NO7/c1-33-23-11-16(14-29)12-24(34-2)25(23)26(31)22(30)13-28-27(32)35-15-21-19-9-5-3-7-17(19)18-8-4-6-10-20(18)21/h3-12,14,21-22,26,30-31H,13,15H2,1-2H3,(H,28,32). The fourth-order valence-corrected chi connectivity index (χ4v) is 4.46. The topological polar surface area (TPSA) is 114 Å². The van der Waals surface area contributed by atoms with Crippen molar-refractivity contribution in [3.63, 3.8) is 0 Å². The first-order valence-electron chi connectivity index (χ1n) is 11.1. The lowest BCUT2D eigenvalue weighted by molar-refractivity contribution is 0.0159. The molecule has 0 aliphatic heterocycles. The second kappa shape index (κ2) is 10.6. The van der Waals surface area contributed by atoms with Gasteiger partial charge in [-0.05, 0) is 34.4 Å². The maximum atomic E-state index is 12.4. The second-order valence-corrected chi connectivity index (χ2v) is 8.18. The van der Waals surface area contributed by atoms with E-state index in [4.69, 9.17) is 14.2 Å². The summed E-state index contributed by atoms with van der Waals surface area (Å²) in [6.07, 6.45) is -2.93. The van der Waals surface area contributed by atoms with Crippen LogP contribution in [0.1, 0.15) is 39.1 Å². The molecule has 0 fully saturated rings. The normalized spacial score (nSPS) is 13.8. The highest BCUT2D eigenvalue weighted by atomic mass is 16.5. The number of ether oxygens (including phenoxy) is 3. The highest BCUT2D eigenvalue weighted by Crippen LogP contribution is 2.44. The fraction of sp³-hybridized carbons (Fsp3) is 0.259. The number of methoxy groups -OCH3 is 2. The van der Waals surface area contributed by atoms with E-state index in [-0.39, 0.29) is 36.1 Å².